The molecule has 2 unspecified atom stereocenters. The fourth-order valence-electron chi connectivity index (χ4n) is 1.65. The molecule has 0 saturated heterocycles. The van der Waals surface area contributed by atoms with Gasteiger partial charge in [0.1, 0.15) is 0 Å². The van der Waals surface area contributed by atoms with Crippen molar-refractivity contribution in [2.75, 3.05) is 0 Å². The van der Waals surface area contributed by atoms with Gasteiger partial charge in [-0.05, 0) is 36.3 Å². The standard InChI is InChI=1S/C14H21Cl/c1-10(2)12(4)14(15)9-13-8-6-5-7-11(13)3/h5-8,10,12,14H,9H2,1-4H3. The molecule has 0 N–H and O–H groups in total. The zero-order valence-electron chi connectivity index (χ0n) is 10.1. The highest BCUT2D eigenvalue weighted by Gasteiger charge is 2.18. The highest BCUT2D eigenvalue weighted by Crippen LogP contribution is 2.23. The fourth-order valence-corrected chi connectivity index (χ4v) is 2.11. The second kappa shape index (κ2) is 5.55. The van der Waals surface area contributed by atoms with Crippen molar-refractivity contribution in [1.29, 1.82) is 0 Å². The van der Waals surface area contributed by atoms with E-state index in [0.717, 1.165) is 6.42 Å². The monoisotopic (exact) mass is 224 g/mol. The van der Waals surface area contributed by atoms with Gasteiger partial charge in [0.15, 0.2) is 0 Å². The Morgan fingerprint density at radius 2 is 1.73 bits per heavy atom. The molecular formula is C14H21Cl. The molecule has 1 aromatic rings. The molecule has 0 aliphatic rings. The van der Waals surface area contributed by atoms with Crippen LogP contribution in [0.1, 0.15) is 31.9 Å². The summed E-state index contributed by atoms with van der Waals surface area (Å²) in [6.45, 7) is 8.86. The van der Waals surface area contributed by atoms with Crippen LogP contribution in [0.5, 0.6) is 0 Å². The normalized spacial score (nSPS) is 15.3. The predicted octanol–water partition coefficient (Wildman–Crippen LogP) is 4.44. The molecule has 0 bridgehead atoms. The lowest BCUT2D eigenvalue weighted by Crippen LogP contribution is -2.19. The van der Waals surface area contributed by atoms with E-state index < -0.39 is 0 Å². The van der Waals surface area contributed by atoms with E-state index in [1.54, 1.807) is 0 Å². The zero-order valence-corrected chi connectivity index (χ0v) is 10.9. The summed E-state index contributed by atoms with van der Waals surface area (Å²) < 4.78 is 0. The summed E-state index contributed by atoms with van der Waals surface area (Å²) in [5.41, 5.74) is 2.73. The van der Waals surface area contributed by atoms with Gasteiger partial charge in [0.25, 0.3) is 0 Å². The lowest BCUT2D eigenvalue weighted by Gasteiger charge is -2.22. The Bertz CT molecular complexity index is 304. The molecule has 0 aliphatic heterocycles. The smallest absolute Gasteiger partial charge is 0.0404 e. The second-order valence-corrected chi connectivity index (χ2v) is 5.31. The highest BCUT2D eigenvalue weighted by atomic mass is 35.5. The number of hydrogen-bond donors (Lipinski definition) is 0. The van der Waals surface area contributed by atoms with Crippen LogP contribution >= 0.6 is 11.6 Å². The number of alkyl halides is 1. The van der Waals surface area contributed by atoms with Crippen molar-refractivity contribution >= 4 is 11.6 Å². The van der Waals surface area contributed by atoms with Gasteiger partial charge in [-0.1, -0.05) is 45.0 Å². The Hall–Kier alpha value is -0.490. The average Bonchev–Trinajstić information content (AvgIpc) is 2.20. The van der Waals surface area contributed by atoms with Crippen molar-refractivity contribution < 1.29 is 0 Å². The van der Waals surface area contributed by atoms with Gasteiger partial charge < -0.3 is 0 Å². The van der Waals surface area contributed by atoms with Gasteiger partial charge in [-0.15, -0.1) is 11.6 Å². The maximum Gasteiger partial charge on any atom is 0.0404 e. The molecule has 0 fully saturated rings. The molecule has 0 nitrogen and oxygen atoms in total. The molecule has 15 heavy (non-hydrogen) atoms. The maximum atomic E-state index is 6.43. The number of rotatable bonds is 4. The molecule has 0 aromatic heterocycles. The van der Waals surface area contributed by atoms with Gasteiger partial charge in [-0.25, -0.2) is 0 Å². The maximum absolute atomic E-state index is 6.43. The molecular weight excluding hydrogens is 204 g/mol. The van der Waals surface area contributed by atoms with Crippen molar-refractivity contribution in [2.24, 2.45) is 11.8 Å². The first kappa shape index (κ1) is 12.6. The minimum atomic E-state index is 0.242. The molecule has 1 aromatic carbocycles. The third-order valence-corrected chi connectivity index (χ3v) is 3.85. The van der Waals surface area contributed by atoms with Crippen molar-refractivity contribution in [1.82, 2.24) is 0 Å². The van der Waals surface area contributed by atoms with E-state index in [9.17, 15) is 0 Å². The molecule has 1 rings (SSSR count). The summed E-state index contributed by atoms with van der Waals surface area (Å²) in [5, 5.41) is 0.242. The van der Waals surface area contributed by atoms with E-state index in [1.807, 2.05) is 0 Å². The summed E-state index contributed by atoms with van der Waals surface area (Å²) in [4.78, 5) is 0. The summed E-state index contributed by atoms with van der Waals surface area (Å²) in [5.74, 6) is 1.21. The predicted molar refractivity (Wildman–Crippen MR) is 68.5 cm³/mol. The molecule has 0 heterocycles. The molecule has 0 spiro atoms. The first-order chi connectivity index (χ1) is 7.02. The summed E-state index contributed by atoms with van der Waals surface area (Å²) in [6, 6.07) is 8.50. The summed E-state index contributed by atoms with van der Waals surface area (Å²) in [6.07, 6.45) is 0.980. The SMILES string of the molecule is Cc1ccccc1CC(Cl)C(C)C(C)C. The van der Waals surface area contributed by atoms with E-state index in [4.69, 9.17) is 11.6 Å². The van der Waals surface area contributed by atoms with E-state index in [0.29, 0.717) is 11.8 Å². The van der Waals surface area contributed by atoms with Crippen molar-refractivity contribution in [2.45, 2.75) is 39.5 Å². The van der Waals surface area contributed by atoms with Gasteiger partial charge in [0, 0.05) is 5.38 Å². The number of aryl methyl sites for hydroxylation is 1. The van der Waals surface area contributed by atoms with Gasteiger partial charge in [-0.3, -0.25) is 0 Å². The first-order valence-corrected chi connectivity index (χ1v) is 6.14. The Labute approximate surface area is 98.7 Å². The van der Waals surface area contributed by atoms with Crippen molar-refractivity contribution in [3.05, 3.63) is 35.4 Å². The van der Waals surface area contributed by atoms with Gasteiger partial charge in [-0.2, -0.15) is 0 Å². The fraction of sp³-hybridized carbons (Fsp3) is 0.571. The molecule has 0 radical (unpaired) electrons. The topological polar surface area (TPSA) is 0 Å². The van der Waals surface area contributed by atoms with Crippen LogP contribution in [0, 0.1) is 18.8 Å². The Balaban J connectivity index is 2.66. The van der Waals surface area contributed by atoms with E-state index in [-0.39, 0.29) is 5.38 Å². The summed E-state index contributed by atoms with van der Waals surface area (Å²) >= 11 is 6.43. The Morgan fingerprint density at radius 3 is 2.27 bits per heavy atom. The Kier molecular flexibility index (Phi) is 4.66. The van der Waals surface area contributed by atoms with Crippen LogP contribution < -0.4 is 0 Å². The third kappa shape index (κ3) is 3.53. The number of halogens is 1. The van der Waals surface area contributed by atoms with Crippen LogP contribution in [-0.4, -0.2) is 5.38 Å². The largest absolute Gasteiger partial charge is 0.122 e. The first-order valence-electron chi connectivity index (χ1n) is 5.71. The lowest BCUT2D eigenvalue weighted by molar-refractivity contribution is 0.399. The average molecular weight is 225 g/mol. The van der Waals surface area contributed by atoms with Gasteiger partial charge in [0.05, 0.1) is 0 Å². The highest BCUT2D eigenvalue weighted by molar-refractivity contribution is 6.20. The summed E-state index contributed by atoms with van der Waals surface area (Å²) in [7, 11) is 0. The van der Waals surface area contributed by atoms with Crippen LogP contribution in [-0.2, 0) is 6.42 Å². The second-order valence-electron chi connectivity index (χ2n) is 4.75. The van der Waals surface area contributed by atoms with Crippen LogP contribution in [0.15, 0.2) is 24.3 Å². The van der Waals surface area contributed by atoms with Crippen molar-refractivity contribution in [3.63, 3.8) is 0 Å². The van der Waals surface area contributed by atoms with Crippen LogP contribution in [0.2, 0.25) is 0 Å². The van der Waals surface area contributed by atoms with E-state index in [1.165, 1.54) is 11.1 Å². The van der Waals surface area contributed by atoms with Gasteiger partial charge in [0.2, 0.25) is 0 Å². The molecule has 0 amide bonds. The van der Waals surface area contributed by atoms with Crippen LogP contribution in [0.3, 0.4) is 0 Å². The molecule has 0 saturated carbocycles. The number of benzene rings is 1. The van der Waals surface area contributed by atoms with Gasteiger partial charge >= 0.3 is 0 Å². The minimum Gasteiger partial charge on any atom is -0.122 e. The van der Waals surface area contributed by atoms with Crippen molar-refractivity contribution in [3.8, 4) is 0 Å². The van der Waals surface area contributed by atoms with E-state index >= 15 is 0 Å². The number of hydrogen-bond acceptors (Lipinski definition) is 0. The quantitative estimate of drug-likeness (QED) is 0.664. The molecule has 2 atom stereocenters. The molecule has 84 valence electrons. The minimum absolute atomic E-state index is 0.242. The van der Waals surface area contributed by atoms with Crippen LogP contribution in [0.25, 0.3) is 0 Å². The Morgan fingerprint density at radius 1 is 1.13 bits per heavy atom. The lowest BCUT2D eigenvalue weighted by atomic mass is 9.90. The molecule has 1 heteroatoms. The molecule has 0 aliphatic carbocycles. The zero-order chi connectivity index (χ0) is 11.4. The van der Waals surface area contributed by atoms with E-state index in [2.05, 4.69) is 52.0 Å². The third-order valence-electron chi connectivity index (χ3n) is 3.30. The van der Waals surface area contributed by atoms with Crippen LogP contribution in [0.4, 0.5) is 0 Å².